The quantitative estimate of drug-likeness (QED) is 0.846. The molecule has 6 heteroatoms. The van der Waals surface area contributed by atoms with Gasteiger partial charge in [-0.1, -0.05) is 0 Å². The van der Waals surface area contributed by atoms with Gasteiger partial charge in [-0.05, 0) is 24.1 Å². The second-order valence-electron chi connectivity index (χ2n) is 3.64. The molecule has 2 N–H and O–H groups in total. The van der Waals surface area contributed by atoms with E-state index in [2.05, 4.69) is 4.98 Å². The highest BCUT2D eigenvalue weighted by atomic mass is 32.2. The Hall–Kier alpha value is -1.56. The van der Waals surface area contributed by atoms with Crippen molar-refractivity contribution in [3.05, 3.63) is 40.3 Å². The summed E-state index contributed by atoms with van der Waals surface area (Å²) in [7, 11) is 0. The number of furan rings is 1. The predicted molar refractivity (Wildman–Crippen MR) is 66.6 cm³/mol. The van der Waals surface area contributed by atoms with Crippen LogP contribution >= 0.6 is 11.8 Å². The van der Waals surface area contributed by atoms with Crippen LogP contribution in [0.15, 0.2) is 27.6 Å². The van der Waals surface area contributed by atoms with Crippen LogP contribution in [0.2, 0.25) is 0 Å². The van der Waals surface area contributed by atoms with E-state index in [9.17, 15) is 9.90 Å². The Morgan fingerprint density at radius 2 is 2.41 bits per heavy atom. The molecule has 5 nitrogen and oxygen atoms in total. The summed E-state index contributed by atoms with van der Waals surface area (Å²) in [5, 5.41) is 9.92. The molecule has 0 saturated heterocycles. The summed E-state index contributed by atoms with van der Waals surface area (Å²) in [6.45, 7) is 0.243. The van der Waals surface area contributed by atoms with E-state index in [0.29, 0.717) is 17.9 Å². The minimum absolute atomic E-state index is 0.000417. The smallest absolute Gasteiger partial charge is 0.329 e. The van der Waals surface area contributed by atoms with Gasteiger partial charge in [0.1, 0.15) is 5.76 Å². The molecule has 0 aliphatic rings. The molecule has 0 fully saturated rings. The lowest BCUT2D eigenvalue weighted by Crippen LogP contribution is -2.16. The highest BCUT2D eigenvalue weighted by Gasteiger charge is 2.13. The topological polar surface area (TPSA) is 71.2 Å². The van der Waals surface area contributed by atoms with Gasteiger partial charge in [-0.15, -0.1) is 0 Å². The lowest BCUT2D eigenvalue weighted by Gasteiger charge is -2.01. The van der Waals surface area contributed by atoms with E-state index in [1.165, 1.54) is 4.57 Å². The maximum atomic E-state index is 11.6. The minimum atomic E-state index is -0.310. The van der Waals surface area contributed by atoms with Crippen LogP contribution in [0.5, 0.6) is 5.88 Å². The zero-order valence-corrected chi connectivity index (χ0v) is 10.3. The number of hydrogen-bond acceptors (Lipinski definition) is 4. The van der Waals surface area contributed by atoms with Crippen LogP contribution in [0.3, 0.4) is 0 Å². The van der Waals surface area contributed by atoms with Gasteiger partial charge in [-0.25, -0.2) is 4.79 Å². The first-order valence-electron chi connectivity index (χ1n) is 5.24. The summed E-state index contributed by atoms with van der Waals surface area (Å²) in [6, 6.07) is 3.51. The van der Waals surface area contributed by atoms with Gasteiger partial charge in [0.2, 0.25) is 5.88 Å². The van der Waals surface area contributed by atoms with E-state index in [0.717, 1.165) is 5.75 Å². The molecule has 2 aromatic rings. The van der Waals surface area contributed by atoms with Crippen molar-refractivity contribution in [2.24, 2.45) is 0 Å². The van der Waals surface area contributed by atoms with Crippen molar-refractivity contribution in [1.29, 1.82) is 0 Å². The first-order valence-corrected chi connectivity index (χ1v) is 6.63. The zero-order valence-electron chi connectivity index (χ0n) is 9.47. The Morgan fingerprint density at radius 3 is 3.06 bits per heavy atom. The van der Waals surface area contributed by atoms with Gasteiger partial charge >= 0.3 is 5.69 Å². The first-order chi connectivity index (χ1) is 8.22. The number of nitrogens with zero attached hydrogens (tertiary/aromatic N) is 1. The van der Waals surface area contributed by atoms with E-state index in [1.807, 2.05) is 6.26 Å². The molecule has 0 bridgehead atoms. The Balaban J connectivity index is 2.22. The molecule has 2 aromatic heterocycles. The van der Waals surface area contributed by atoms with E-state index in [-0.39, 0.29) is 18.1 Å². The fourth-order valence-corrected chi connectivity index (χ4v) is 2.00. The lowest BCUT2D eigenvalue weighted by atomic mass is 10.3. The number of thioether (sulfide) groups is 1. The van der Waals surface area contributed by atoms with Gasteiger partial charge in [0.05, 0.1) is 18.5 Å². The number of hydrogen-bond donors (Lipinski definition) is 2. The van der Waals surface area contributed by atoms with Gasteiger partial charge in [0.15, 0.2) is 0 Å². The summed E-state index contributed by atoms with van der Waals surface area (Å²) in [5.74, 6) is 1.49. The molecule has 2 rings (SSSR count). The number of imidazole rings is 1. The van der Waals surface area contributed by atoms with Crippen molar-refractivity contribution in [3.8, 4) is 5.88 Å². The van der Waals surface area contributed by atoms with Crippen molar-refractivity contribution in [2.45, 2.75) is 13.0 Å². The fraction of sp³-hybridized carbons (Fsp3) is 0.364. The number of aryl methyl sites for hydroxylation is 1. The third-order valence-electron chi connectivity index (χ3n) is 2.48. The van der Waals surface area contributed by atoms with Crippen molar-refractivity contribution in [1.82, 2.24) is 9.55 Å². The number of aromatic nitrogens is 2. The van der Waals surface area contributed by atoms with Crippen LogP contribution < -0.4 is 5.69 Å². The number of aromatic hydroxyl groups is 1. The van der Waals surface area contributed by atoms with Crippen LogP contribution in [-0.4, -0.2) is 26.7 Å². The molecule has 0 aliphatic carbocycles. The zero-order chi connectivity index (χ0) is 12.3. The highest BCUT2D eigenvalue weighted by Crippen LogP contribution is 2.16. The van der Waals surface area contributed by atoms with Crippen LogP contribution in [0.1, 0.15) is 11.5 Å². The normalized spacial score (nSPS) is 10.9. The second-order valence-corrected chi connectivity index (χ2v) is 4.63. The van der Waals surface area contributed by atoms with Crippen molar-refractivity contribution in [3.63, 3.8) is 0 Å². The van der Waals surface area contributed by atoms with Crippen molar-refractivity contribution < 1.29 is 9.52 Å². The number of nitrogens with one attached hydrogen (secondary N) is 1. The molecular weight excluding hydrogens is 240 g/mol. The molecule has 0 amide bonds. The van der Waals surface area contributed by atoms with E-state index >= 15 is 0 Å². The average molecular weight is 254 g/mol. The van der Waals surface area contributed by atoms with Crippen molar-refractivity contribution in [2.75, 3.05) is 12.0 Å². The Labute approximate surface area is 102 Å². The highest BCUT2D eigenvalue weighted by molar-refractivity contribution is 7.98. The average Bonchev–Trinajstić information content (AvgIpc) is 2.90. The van der Waals surface area contributed by atoms with Crippen molar-refractivity contribution >= 4 is 11.8 Å². The van der Waals surface area contributed by atoms with Crippen LogP contribution in [0.4, 0.5) is 0 Å². The summed E-state index contributed by atoms with van der Waals surface area (Å²) in [6.07, 6.45) is 4.17. The molecule has 0 aromatic carbocycles. The maximum Gasteiger partial charge on any atom is 0.329 e. The fourth-order valence-electron chi connectivity index (χ4n) is 1.60. The Morgan fingerprint density at radius 1 is 1.59 bits per heavy atom. The summed E-state index contributed by atoms with van der Waals surface area (Å²) >= 11 is 1.66. The van der Waals surface area contributed by atoms with Crippen LogP contribution in [0.25, 0.3) is 0 Å². The Kier molecular flexibility index (Phi) is 3.63. The summed E-state index contributed by atoms with van der Waals surface area (Å²) in [4.78, 5) is 14.3. The third kappa shape index (κ3) is 2.58. The number of H-pyrrole nitrogens is 1. The van der Waals surface area contributed by atoms with Crippen LogP contribution in [0, 0.1) is 0 Å². The molecule has 0 radical (unpaired) electrons. The standard InChI is InChI=1S/C11H14N2O3S/c1-17-6-4-9-10(14)13(11(15)12-9)7-8-3-2-5-16-8/h2-3,5,14H,4,6-7H2,1H3,(H,12,15). The monoisotopic (exact) mass is 254 g/mol. The lowest BCUT2D eigenvalue weighted by molar-refractivity contribution is 0.401. The van der Waals surface area contributed by atoms with Gasteiger partial charge < -0.3 is 14.5 Å². The summed E-state index contributed by atoms with van der Waals surface area (Å²) < 4.78 is 6.42. The molecule has 2 heterocycles. The predicted octanol–water partition coefficient (Wildman–Crippen LogP) is 1.43. The summed E-state index contributed by atoms with van der Waals surface area (Å²) in [5.41, 5.74) is 0.269. The van der Waals surface area contributed by atoms with Gasteiger partial charge in [0, 0.05) is 6.42 Å². The van der Waals surface area contributed by atoms with E-state index in [4.69, 9.17) is 4.42 Å². The van der Waals surface area contributed by atoms with Gasteiger partial charge in [-0.3, -0.25) is 4.57 Å². The minimum Gasteiger partial charge on any atom is -0.493 e. The first kappa shape index (κ1) is 11.9. The molecule has 92 valence electrons. The Bertz CT molecular complexity index is 527. The maximum absolute atomic E-state index is 11.6. The largest absolute Gasteiger partial charge is 0.493 e. The molecule has 0 unspecified atom stereocenters. The van der Waals surface area contributed by atoms with Gasteiger partial charge in [0.25, 0.3) is 0 Å². The van der Waals surface area contributed by atoms with E-state index < -0.39 is 0 Å². The second kappa shape index (κ2) is 5.18. The molecule has 0 saturated carbocycles. The number of rotatable bonds is 5. The molecular formula is C11H14N2O3S. The number of aromatic amines is 1. The molecule has 0 atom stereocenters. The van der Waals surface area contributed by atoms with Crippen LogP contribution in [-0.2, 0) is 13.0 Å². The molecule has 17 heavy (non-hydrogen) atoms. The molecule has 0 spiro atoms. The third-order valence-corrected chi connectivity index (χ3v) is 3.09. The van der Waals surface area contributed by atoms with Gasteiger partial charge in [-0.2, -0.15) is 11.8 Å². The van der Waals surface area contributed by atoms with E-state index in [1.54, 1.807) is 30.2 Å². The molecule has 0 aliphatic heterocycles. The SMILES string of the molecule is CSCCc1[nH]c(=O)n(Cc2ccco2)c1O.